The highest BCUT2D eigenvalue weighted by Gasteiger charge is 2.25. The van der Waals surface area contributed by atoms with Crippen molar-refractivity contribution >= 4 is 6.09 Å². The van der Waals surface area contributed by atoms with Crippen LogP contribution in [0.1, 0.15) is 66.7 Å². The molecule has 0 spiro atoms. The average Bonchev–Trinajstić information content (AvgIpc) is 2.27. The summed E-state index contributed by atoms with van der Waals surface area (Å²) in [5.74, 6) is 0. The van der Waals surface area contributed by atoms with Crippen LogP contribution in [-0.4, -0.2) is 40.9 Å². The van der Waals surface area contributed by atoms with Gasteiger partial charge in [0.1, 0.15) is 5.60 Å². The van der Waals surface area contributed by atoms with Crippen molar-refractivity contribution in [2.24, 2.45) is 0 Å². The molecule has 19 heavy (non-hydrogen) atoms. The van der Waals surface area contributed by atoms with Crippen molar-refractivity contribution in [1.29, 1.82) is 0 Å². The largest absolute Gasteiger partial charge is 0.444 e. The van der Waals surface area contributed by atoms with Crippen LogP contribution in [0.2, 0.25) is 0 Å². The van der Waals surface area contributed by atoms with Crippen molar-refractivity contribution in [3.8, 4) is 0 Å². The summed E-state index contributed by atoms with van der Waals surface area (Å²) in [6, 6.07) is 0.160. The van der Waals surface area contributed by atoms with Crippen LogP contribution in [0.5, 0.6) is 0 Å². The second-order valence-corrected chi connectivity index (χ2v) is 6.10. The van der Waals surface area contributed by atoms with Crippen molar-refractivity contribution in [2.45, 2.75) is 78.4 Å². The first-order valence-electron chi connectivity index (χ1n) is 7.42. The maximum Gasteiger partial charge on any atom is 0.410 e. The van der Waals surface area contributed by atoms with Gasteiger partial charge in [-0.3, -0.25) is 0 Å². The Morgan fingerprint density at radius 2 is 1.89 bits per heavy atom. The van der Waals surface area contributed by atoms with Gasteiger partial charge in [-0.05, 0) is 53.4 Å². The fourth-order valence-electron chi connectivity index (χ4n) is 1.85. The number of unbranched alkanes of at least 4 members (excludes halogenated alkanes) is 2. The summed E-state index contributed by atoms with van der Waals surface area (Å²) >= 11 is 0. The zero-order chi connectivity index (χ0) is 14.9. The molecular formula is C15H31NO3. The number of hydrogen-bond donors (Lipinski definition) is 1. The number of aliphatic hydroxyl groups is 1. The molecule has 0 rings (SSSR count). The lowest BCUT2D eigenvalue weighted by Gasteiger charge is -2.31. The van der Waals surface area contributed by atoms with Crippen LogP contribution >= 0.6 is 0 Å². The first kappa shape index (κ1) is 18.2. The molecular weight excluding hydrogens is 242 g/mol. The molecule has 4 heteroatoms. The molecule has 0 fully saturated rings. The Morgan fingerprint density at radius 1 is 1.26 bits per heavy atom. The third-order valence-electron chi connectivity index (χ3n) is 2.94. The van der Waals surface area contributed by atoms with E-state index in [2.05, 4.69) is 13.8 Å². The van der Waals surface area contributed by atoms with Gasteiger partial charge in [-0.2, -0.15) is 0 Å². The molecule has 1 amide bonds. The Hall–Kier alpha value is -0.770. The number of amides is 1. The lowest BCUT2D eigenvalue weighted by Crippen LogP contribution is -2.42. The minimum atomic E-state index is -0.452. The van der Waals surface area contributed by atoms with Crippen molar-refractivity contribution in [1.82, 2.24) is 4.90 Å². The molecule has 4 nitrogen and oxygen atoms in total. The van der Waals surface area contributed by atoms with Crippen LogP contribution in [0, 0.1) is 0 Å². The molecule has 0 aliphatic carbocycles. The molecule has 1 unspecified atom stereocenters. The lowest BCUT2D eigenvalue weighted by atomic mass is 10.1. The predicted molar refractivity (Wildman–Crippen MR) is 78.2 cm³/mol. The lowest BCUT2D eigenvalue weighted by molar-refractivity contribution is 0.0163. The minimum absolute atomic E-state index is 0.160. The predicted octanol–water partition coefficient (Wildman–Crippen LogP) is 3.57. The smallest absolute Gasteiger partial charge is 0.410 e. The number of hydrogen-bond acceptors (Lipinski definition) is 3. The molecule has 0 bridgehead atoms. The molecule has 0 saturated carbocycles. The van der Waals surface area contributed by atoms with Crippen LogP contribution in [-0.2, 0) is 4.74 Å². The van der Waals surface area contributed by atoms with Gasteiger partial charge in [0.05, 0.1) is 0 Å². The zero-order valence-electron chi connectivity index (χ0n) is 13.2. The fraction of sp³-hybridized carbons (Fsp3) is 0.933. The van der Waals surface area contributed by atoms with E-state index in [9.17, 15) is 4.79 Å². The summed E-state index contributed by atoms with van der Waals surface area (Å²) in [6.07, 6.45) is 4.46. The molecule has 1 atom stereocenters. The summed E-state index contributed by atoms with van der Waals surface area (Å²) in [6.45, 7) is 10.8. The van der Waals surface area contributed by atoms with Gasteiger partial charge in [-0.1, -0.05) is 13.3 Å². The van der Waals surface area contributed by atoms with E-state index in [1.54, 1.807) is 0 Å². The number of ether oxygens (including phenoxy) is 1. The van der Waals surface area contributed by atoms with Gasteiger partial charge >= 0.3 is 6.09 Å². The van der Waals surface area contributed by atoms with Gasteiger partial charge < -0.3 is 14.7 Å². The highest BCUT2D eigenvalue weighted by Crippen LogP contribution is 2.15. The second-order valence-electron chi connectivity index (χ2n) is 6.10. The molecule has 0 heterocycles. The van der Waals surface area contributed by atoms with Crippen molar-refractivity contribution in [3.05, 3.63) is 0 Å². The standard InChI is InChI=1S/C15H31NO3/c1-6-7-11-16(13(2)10-8-9-12-17)14(18)19-15(3,4)5/h13,17H,6-12H2,1-5H3. The Bertz CT molecular complexity index is 248. The number of rotatable bonds is 8. The summed E-state index contributed by atoms with van der Waals surface area (Å²) < 4.78 is 5.46. The van der Waals surface area contributed by atoms with Gasteiger partial charge in [-0.15, -0.1) is 0 Å². The Labute approximate surface area is 118 Å². The number of aliphatic hydroxyl groups excluding tert-OH is 1. The van der Waals surface area contributed by atoms with E-state index in [1.807, 2.05) is 25.7 Å². The van der Waals surface area contributed by atoms with Crippen LogP contribution in [0.15, 0.2) is 0 Å². The first-order valence-corrected chi connectivity index (χ1v) is 7.42. The van der Waals surface area contributed by atoms with Crippen LogP contribution in [0.4, 0.5) is 4.79 Å². The van der Waals surface area contributed by atoms with Gasteiger partial charge in [0, 0.05) is 19.2 Å². The Morgan fingerprint density at radius 3 is 2.37 bits per heavy atom. The van der Waals surface area contributed by atoms with Gasteiger partial charge in [-0.25, -0.2) is 4.79 Å². The molecule has 0 aromatic rings. The second kappa shape index (κ2) is 9.18. The van der Waals surface area contributed by atoms with Crippen LogP contribution in [0.3, 0.4) is 0 Å². The summed E-state index contributed by atoms with van der Waals surface area (Å²) in [7, 11) is 0. The van der Waals surface area contributed by atoms with Crippen molar-refractivity contribution < 1.29 is 14.6 Å². The van der Waals surface area contributed by atoms with Gasteiger partial charge in [0.25, 0.3) is 0 Å². The first-order chi connectivity index (χ1) is 8.81. The van der Waals surface area contributed by atoms with E-state index in [-0.39, 0.29) is 18.7 Å². The zero-order valence-corrected chi connectivity index (χ0v) is 13.2. The summed E-state index contributed by atoms with van der Waals surface area (Å²) in [5.41, 5.74) is -0.452. The van der Waals surface area contributed by atoms with Gasteiger partial charge in [0.15, 0.2) is 0 Å². The molecule has 114 valence electrons. The maximum atomic E-state index is 12.2. The van der Waals surface area contributed by atoms with E-state index in [0.29, 0.717) is 0 Å². The molecule has 0 radical (unpaired) electrons. The SMILES string of the molecule is CCCCN(C(=O)OC(C)(C)C)C(C)CCCCO. The topological polar surface area (TPSA) is 49.8 Å². The van der Waals surface area contributed by atoms with Crippen LogP contribution in [0.25, 0.3) is 0 Å². The molecule has 0 aromatic carbocycles. The van der Waals surface area contributed by atoms with Crippen molar-refractivity contribution in [2.75, 3.05) is 13.2 Å². The van der Waals surface area contributed by atoms with E-state index in [1.165, 1.54) is 0 Å². The molecule has 0 saturated heterocycles. The maximum absolute atomic E-state index is 12.2. The quantitative estimate of drug-likeness (QED) is 0.688. The van der Waals surface area contributed by atoms with Gasteiger partial charge in [0.2, 0.25) is 0 Å². The fourth-order valence-corrected chi connectivity index (χ4v) is 1.85. The average molecular weight is 273 g/mol. The number of nitrogens with zero attached hydrogens (tertiary/aromatic N) is 1. The molecule has 0 aliphatic heterocycles. The number of carbonyl (C=O) groups excluding carboxylic acids is 1. The highest BCUT2D eigenvalue weighted by atomic mass is 16.6. The third kappa shape index (κ3) is 8.87. The van der Waals surface area contributed by atoms with E-state index >= 15 is 0 Å². The molecule has 1 N–H and O–H groups in total. The Balaban J connectivity index is 4.46. The van der Waals surface area contributed by atoms with Crippen LogP contribution < -0.4 is 0 Å². The normalized spacial score (nSPS) is 13.2. The molecule has 0 aromatic heterocycles. The highest BCUT2D eigenvalue weighted by molar-refractivity contribution is 5.68. The van der Waals surface area contributed by atoms with E-state index < -0.39 is 5.60 Å². The molecule has 0 aliphatic rings. The van der Waals surface area contributed by atoms with E-state index in [0.717, 1.165) is 38.6 Å². The monoisotopic (exact) mass is 273 g/mol. The number of carbonyl (C=O) groups is 1. The summed E-state index contributed by atoms with van der Waals surface area (Å²) in [4.78, 5) is 14.0. The van der Waals surface area contributed by atoms with Crippen molar-refractivity contribution in [3.63, 3.8) is 0 Å². The summed E-state index contributed by atoms with van der Waals surface area (Å²) in [5, 5.41) is 8.82. The minimum Gasteiger partial charge on any atom is -0.444 e. The Kier molecular flexibility index (Phi) is 8.81. The van der Waals surface area contributed by atoms with E-state index in [4.69, 9.17) is 9.84 Å². The third-order valence-corrected chi connectivity index (χ3v) is 2.94.